The zero-order chi connectivity index (χ0) is 15.6. The Morgan fingerprint density at radius 3 is 2.33 bits per heavy atom. The van der Waals surface area contributed by atoms with Crippen LogP contribution >= 0.6 is 39.1 Å². The molecular formula is C15H13BrCl2N2O. The minimum Gasteiger partial charge on any atom is -0.368 e. The summed E-state index contributed by atoms with van der Waals surface area (Å²) in [4.78, 5) is 12.0. The highest BCUT2D eigenvalue weighted by molar-refractivity contribution is 9.10. The summed E-state index contributed by atoms with van der Waals surface area (Å²) >= 11 is 15.4. The lowest BCUT2D eigenvalue weighted by Crippen LogP contribution is -2.45. The molecule has 0 heterocycles. The van der Waals surface area contributed by atoms with E-state index in [1.54, 1.807) is 43.3 Å². The van der Waals surface area contributed by atoms with E-state index in [-0.39, 0.29) is 0 Å². The zero-order valence-corrected chi connectivity index (χ0v) is 14.3. The van der Waals surface area contributed by atoms with E-state index in [1.807, 2.05) is 6.07 Å². The number of carbonyl (C=O) groups is 1. The summed E-state index contributed by atoms with van der Waals surface area (Å²) in [5, 5.41) is 4.19. The van der Waals surface area contributed by atoms with Crippen molar-refractivity contribution in [3.63, 3.8) is 0 Å². The third-order valence-electron chi connectivity index (χ3n) is 3.20. The van der Waals surface area contributed by atoms with Crippen LogP contribution in [0.5, 0.6) is 0 Å². The van der Waals surface area contributed by atoms with Gasteiger partial charge in [0.15, 0.2) is 0 Å². The largest absolute Gasteiger partial charge is 0.368 e. The number of nitrogens with one attached hydrogen (secondary N) is 1. The van der Waals surface area contributed by atoms with Crippen molar-refractivity contribution in [2.24, 2.45) is 5.73 Å². The van der Waals surface area contributed by atoms with Gasteiger partial charge >= 0.3 is 0 Å². The second-order valence-corrected chi connectivity index (χ2v) is 6.50. The predicted octanol–water partition coefficient (Wildman–Crippen LogP) is 4.57. The fourth-order valence-corrected chi connectivity index (χ4v) is 2.97. The molecule has 0 aliphatic heterocycles. The van der Waals surface area contributed by atoms with Crippen LogP contribution in [-0.4, -0.2) is 5.91 Å². The van der Waals surface area contributed by atoms with E-state index in [2.05, 4.69) is 21.2 Å². The summed E-state index contributed by atoms with van der Waals surface area (Å²) in [6, 6.07) is 12.3. The number of hydrogen-bond donors (Lipinski definition) is 2. The second-order valence-electron chi connectivity index (χ2n) is 4.75. The van der Waals surface area contributed by atoms with Gasteiger partial charge in [-0.1, -0.05) is 45.2 Å². The summed E-state index contributed by atoms with van der Waals surface area (Å²) in [7, 11) is 0. The molecule has 2 rings (SSSR count). The van der Waals surface area contributed by atoms with Gasteiger partial charge in [-0.05, 0) is 43.3 Å². The van der Waals surface area contributed by atoms with Gasteiger partial charge in [0.25, 0.3) is 0 Å². The standard InChI is InChI=1S/C15H13BrCl2N2O/c1-15(14(19)21,12-7-2-9(16)8-13(12)18)20-11-5-3-10(17)4-6-11/h2-8,20H,1H3,(H2,19,21). The number of rotatable bonds is 4. The molecule has 0 aliphatic carbocycles. The van der Waals surface area contributed by atoms with Crippen LogP contribution < -0.4 is 11.1 Å². The molecule has 1 amide bonds. The van der Waals surface area contributed by atoms with Crippen LogP contribution in [0, 0.1) is 0 Å². The molecule has 0 spiro atoms. The van der Waals surface area contributed by atoms with E-state index in [9.17, 15) is 4.79 Å². The zero-order valence-electron chi connectivity index (χ0n) is 11.2. The number of anilines is 1. The first-order valence-electron chi connectivity index (χ1n) is 6.12. The van der Waals surface area contributed by atoms with Crippen LogP contribution in [0.15, 0.2) is 46.9 Å². The normalized spacial score (nSPS) is 13.5. The maximum atomic E-state index is 12.0. The molecule has 0 saturated heterocycles. The van der Waals surface area contributed by atoms with Crippen molar-refractivity contribution in [3.8, 4) is 0 Å². The third-order valence-corrected chi connectivity index (χ3v) is 4.26. The van der Waals surface area contributed by atoms with Gasteiger partial charge < -0.3 is 11.1 Å². The van der Waals surface area contributed by atoms with Crippen LogP contribution in [0.25, 0.3) is 0 Å². The minimum atomic E-state index is -1.13. The molecule has 0 saturated carbocycles. The number of carbonyl (C=O) groups excluding carboxylic acids is 1. The summed E-state index contributed by atoms with van der Waals surface area (Å²) < 4.78 is 0.828. The summed E-state index contributed by atoms with van der Waals surface area (Å²) in [6.07, 6.45) is 0. The number of amides is 1. The number of benzene rings is 2. The van der Waals surface area contributed by atoms with Crippen molar-refractivity contribution in [2.45, 2.75) is 12.5 Å². The van der Waals surface area contributed by atoms with Gasteiger partial charge in [0, 0.05) is 25.8 Å². The average molecular weight is 388 g/mol. The SMILES string of the molecule is CC(Nc1ccc(Cl)cc1)(C(N)=O)c1ccc(Br)cc1Cl. The smallest absolute Gasteiger partial charge is 0.247 e. The lowest BCUT2D eigenvalue weighted by Gasteiger charge is -2.30. The van der Waals surface area contributed by atoms with E-state index in [0.717, 1.165) is 10.2 Å². The molecule has 0 aromatic heterocycles. The van der Waals surface area contributed by atoms with Crippen LogP contribution in [0.2, 0.25) is 10.0 Å². The average Bonchev–Trinajstić information content (AvgIpc) is 2.41. The minimum absolute atomic E-state index is 0.451. The van der Waals surface area contributed by atoms with Gasteiger partial charge in [-0.25, -0.2) is 0 Å². The number of hydrogen-bond acceptors (Lipinski definition) is 2. The molecule has 0 radical (unpaired) electrons. The molecule has 3 N–H and O–H groups in total. The first kappa shape index (κ1) is 16.1. The molecular weight excluding hydrogens is 375 g/mol. The van der Waals surface area contributed by atoms with Crippen molar-refractivity contribution in [2.75, 3.05) is 5.32 Å². The molecule has 0 aliphatic rings. The van der Waals surface area contributed by atoms with Crippen LogP contribution in [0.4, 0.5) is 5.69 Å². The Hall–Kier alpha value is -1.23. The molecule has 0 fully saturated rings. The van der Waals surface area contributed by atoms with Crippen LogP contribution in [-0.2, 0) is 10.3 Å². The number of halogens is 3. The highest BCUT2D eigenvalue weighted by atomic mass is 79.9. The first-order chi connectivity index (χ1) is 9.83. The van der Waals surface area contributed by atoms with Crippen molar-refractivity contribution >= 4 is 50.7 Å². The van der Waals surface area contributed by atoms with Gasteiger partial charge in [-0.2, -0.15) is 0 Å². The highest BCUT2D eigenvalue weighted by Crippen LogP contribution is 2.33. The Bertz CT molecular complexity index is 676. The summed E-state index contributed by atoms with van der Waals surface area (Å²) in [5.74, 6) is -0.526. The Kier molecular flexibility index (Phi) is 4.81. The van der Waals surface area contributed by atoms with Gasteiger partial charge in [0.05, 0.1) is 0 Å². The maximum absolute atomic E-state index is 12.0. The Labute approximate surface area is 141 Å². The van der Waals surface area contributed by atoms with Crippen LogP contribution in [0.3, 0.4) is 0 Å². The van der Waals surface area contributed by atoms with Crippen molar-refractivity contribution in [1.82, 2.24) is 0 Å². The molecule has 110 valence electrons. The molecule has 1 atom stereocenters. The van der Waals surface area contributed by atoms with E-state index in [0.29, 0.717) is 15.6 Å². The quantitative estimate of drug-likeness (QED) is 0.807. The molecule has 3 nitrogen and oxygen atoms in total. The van der Waals surface area contributed by atoms with Gasteiger partial charge in [0.2, 0.25) is 5.91 Å². The van der Waals surface area contributed by atoms with Gasteiger partial charge in [-0.15, -0.1) is 0 Å². The Morgan fingerprint density at radius 2 is 1.81 bits per heavy atom. The lowest BCUT2D eigenvalue weighted by atomic mass is 9.90. The maximum Gasteiger partial charge on any atom is 0.247 e. The summed E-state index contributed by atoms with van der Waals surface area (Å²) in [6.45, 7) is 1.69. The topological polar surface area (TPSA) is 55.1 Å². The van der Waals surface area contributed by atoms with Gasteiger partial charge in [0.1, 0.15) is 5.54 Å². The number of nitrogens with two attached hydrogens (primary N) is 1. The molecule has 0 bridgehead atoms. The molecule has 2 aromatic rings. The van der Waals surface area contributed by atoms with Crippen LogP contribution in [0.1, 0.15) is 12.5 Å². The van der Waals surface area contributed by atoms with E-state index < -0.39 is 11.4 Å². The Balaban J connectivity index is 2.45. The van der Waals surface area contributed by atoms with E-state index in [4.69, 9.17) is 28.9 Å². The molecule has 6 heteroatoms. The third kappa shape index (κ3) is 3.51. The molecule has 1 unspecified atom stereocenters. The molecule has 21 heavy (non-hydrogen) atoms. The van der Waals surface area contributed by atoms with E-state index in [1.165, 1.54) is 0 Å². The van der Waals surface area contributed by atoms with Crippen molar-refractivity contribution in [3.05, 3.63) is 62.5 Å². The first-order valence-corrected chi connectivity index (χ1v) is 7.67. The van der Waals surface area contributed by atoms with E-state index >= 15 is 0 Å². The summed E-state index contributed by atoms with van der Waals surface area (Å²) in [5.41, 5.74) is 5.78. The predicted molar refractivity (Wildman–Crippen MR) is 90.8 cm³/mol. The van der Waals surface area contributed by atoms with Crippen molar-refractivity contribution < 1.29 is 4.79 Å². The monoisotopic (exact) mass is 386 g/mol. The van der Waals surface area contributed by atoms with Crippen molar-refractivity contribution in [1.29, 1.82) is 0 Å². The fourth-order valence-electron chi connectivity index (χ4n) is 1.98. The fraction of sp³-hybridized carbons (Fsp3) is 0.133. The van der Waals surface area contributed by atoms with Gasteiger partial charge in [-0.3, -0.25) is 4.79 Å². The second kappa shape index (κ2) is 6.26. The number of primary amides is 1. The Morgan fingerprint density at radius 1 is 1.19 bits per heavy atom. The lowest BCUT2D eigenvalue weighted by molar-refractivity contribution is -0.122. The molecule has 2 aromatic carbocycles. The highest BCUT2D eigenvalue weighted by Gasteiger charge is 2.35.